The number of amides is 1. The summed E-state index contributed by atoms with van der Waals surface area (Å²) in [7, 11) is 0. The van der Waals surface area contributed by atoms with E-state index < -0.39 is 0 Å². The van der Waals surface area contributed by atoms with Gasteiger partial charge in [-0.05, 0) is 18.3 Å². The van der Waals surface area contributed by atoms with Crippen LogP contribution in [-0.4, -0.2) is 30.4 Å². The Morgan fingerprint density at radius 2 is 2.00 bits per heavy atom. The number of rotatable bonds is 0. The Bertz CT molecular complexity index is 360. The topological polar surface area (TPSA) is 49.6 Å². The molecule has 0 aromatic heterocycles. The van der Waals surface area contributed by atoms with E-state index in [9.17, 15) is 4.79 Å². The molecule has 18 heavy (non-hydrogen) atoms. The van der Waals surface area contributed by atoms with E-state index in [0.717, 1.165) is 0 Å². The summed E-state index contributed by atoms with van der Waals surface area (Å²) in [6, 6.07) is 0. The first-order chi connectivity index (χ1) is 7.58. The van der Waals surface area contributed by atoms with Gasteiger partial charge in [0, 0.05) is 53.8 Å². The molecule has 0 aromatic rings. The minimum atomic E-state index is -0.293. The van der Waals surface area contributed by atoms with Crippen LogP contribution in [0.15, 0.2) is 12.2 Å². The minimum absolute atomic E-state index is 0. The molecule has 3 aliphatic rings. The molecule has 0 saturated carbocycles. The molecular weight excluding hydrogens is 479 g/mol. The van der Waals surface area contributed by atoms with Crippen LogP contribution < -0.4 is 0 Å². The van der Waals surface area contributed by atoms with E-state index in [1.807, 2.05) is 6.08 Å². The Kier molecular flexibility index (Phi) is 5.41. The number of hydrogen-bond donors (Lipinski definition) is 0. The van der Waals surface area contributed by atoms with Crippen molar-refractivity contribution in [2.75, 3.05) is 13.4 Å². The third-order valence-electron chi connectivity index (χ3n) is 4.47. The summed E-state index contributed by atoms with van der Waals surface area (Å²) in [4.78, 5) is 11.1. The van der Waals surface area contributed by atoms with Crippen LogP contribution >= 0.6 is 0 Å². The van der Waals surface area contributed by atoms with Gasteiger partial charge >= 0.3 is 0 Å². The van der Waals surface area contributed by atoms with E-state index in [0.29, 0.717) is 31.7 Å². The standard InChI is InChI=1S/C12H17NO3.W.Y/c1-8-9(2)12(6-15-7-16-12)4-3-11(8)5-10(14)13-11;;/h3-4,8-9H,5-7H2,1-2H3,(H,13,14);;/p-1. The number of ether oxygens (including phenoxy) is 2. The normalized spacial score (nSPS) is 45.1. The fourth-order valence-corrected chi connectivity index (χ4v) is 3.02. The van der Waals surface area contributed by atoms with Crippen molar-refractivity contribution in [2.45, 2.75) is 31.4 Å². The summed E-state index contributed by atoms with van der Waals surface area (Å²) in [5.74, 6) is 0.650. The second-order valence-corrected chi connectivity index (χ2v) is 5.15. The molecule has 3 rings (SSSR count). The molecule has 0 N–H and O–H groups in total. The molecule has 0 aromatic carbocycles. The predicted molar refractivity (Wildman–Crippen MR) is 57.8 cm³/mol. The number of β-lactam (4-membered cyclic amide) rings is 1. The van der Waals surface area contributed by atoms with Gasteiger partial charge in [-0.3, -0.25) is 0 Å². The molecule has 2 fully saturated rings. The third kappa shape index (κ3) is 2.33. The van der Waals surface area contributed by atoms with Gasteiger partial charge in [-0.25, -0.2) is 0 Å². The average Bonchev–Trinajstić information content (AvgIpc) is 2.68. The summed E-state index contributed by atoms with van der Waals surface area (Å²) in [6.45, 7) is 5.28. The smallest absolute Gasteiger partial charge is 0.148 e. The average molecular weight is 495 g/mol. The number of carbonyl (C=O) groups excluding carboxylic acids is 1. The van der Waals surface area contributed by atoms with Gasteiger partial charge in [0.1, 0.15) is 12.4 Å². The van der Waals surface area contributed by atoms with Crippen LogP contribution in [-0.2, 0) is 68.0 Å². The molecule has 2 aliphatic heterocycles. The van der Waals surface area contributed by atoms with E-state index in [1.165, 1.54) is 0 Å². The summed E-state index contributed by atoms with van der Waals surface area (Å²) < 4.78 is 11.0. The molecule has 2 heterocycles. The van der Waals surface area contributed by atoms with Crippen LogP contribution in [0.25, 0.3) is 5.32 Å². The Hall–Kier alpha value is 0.922. The fourth-order valence-electron chi connectivity index (χ4n) is 3.02. The first kappa shape index (κ1) is 17.0. The van der Waals surface area contributed by atoms with E-state index in [2.05, 4.69) is 25.2 Å². The van der Waals surface area contributed by atoms with Crippen LogP contribution in [0.1, 0.15) is 20.3 Å². The van der Waals surface area contributed by atoms with E-state index in [-0.39, 0.29) is 70.8 Å². The molecule has 6 heteroatoms. The molecule has 4 unspecified atom stereocenters. The molecule has 1 amide bonds. The van der Waals surface area contributed by atoms with Crippen LogP contribution in [0.5, 0.6) is 0 Å². The van der Waals surface area contributed by atoms with Gasteiger partial charge in [0.25, 0.3) is 0 Å². The Morgan fingerprint density at radius 3 is 2.50 bits per heavy atom. The van der Waals surface area contributed by atoms with Gasteiger partial charge in [-0.1, -0.05) is 31.5 Å². The largest absolute Gasteiger partial charge is 0.644 e. The maximum atomic E-state index is 11.1. The van der Waals surface area contributed by atoms with Gasteiger partial charge in [0.2, 0.25) is 0 Å². The Labute approximate surface area is 147 Å². The van der Waals surface area contributed by atoms with Crippen LogP contribution in [0.3, 0.4) is 0 Å². The zero-order valence-electron chi connectivity index (χ0n) is 10.6. The Morgan fingerprint density at radius 1 is 1.33 bits per heavy atom. The minimum Gasteiger partial charge on any atom is -0.644 e. The zero-order valence-corrected chi connectivity index (χ0v) is 16.4. The maximum Gasteiger partial charge on any atom is 0.148 e. The monoisotopic (exact) mass is 495 g/mol. The predicted octanol–water partition coefficient (Wildman–Crippen LogP) is 1.61. The molecule has 2 spiro atoms. The van der Waals surface area contributed by atoms with Crippen LogP contribution in [0, 0.1) is 11.8 Å². The van der Waals surface area contributed by atoms with Crippen molar-refractivity contribution in [1.29, 1.82) is 0 Å². The van der Waals surface area contributed by atoms with Crippen LogP contribution in [0.4, 0.5) is 0 Å². The number of carbonyl (C=O) groups is 1. The summed E-state index contributed by atoms with van der Waals surface area (Å²) in [6.07, 6.45) is 4.65. The molecule has 2 saturated heterocycles. The van der Waals surface area contributed by atoms with Crippen LogP contribution in [0.2, 0.25) is 0 Å². The zero-order chi connectivity index (χ0) is 11.4. The van der Waals surface area contributed by atoms with E-state index in [1.54, 1.807) is 0 Å². The van der Waals surface area contributed by atoms with Crippen molar-refractivity contribution >= 4 is 5.91 Å². The van der Waals surface area contributed by atoms with Crippen molar-refractivity contribution in [1.82, 2.24) is 0 Å². The number of hydrogen-bond acceptors (Lipinski definition) is 3. The van der Waals surface area contributed by atoms with Gasteiger partial charge in [-0.15, -0.1) is 0 Å². The SMILES string of the molecule is CC1C(C)C2(C=CC13CC(=O)[N-]3)COCO2.[W].[Y]. The fraction of sp³-hybridized carbons (Fsp3) is 0.750. The first-order valence-electron chi connectivity index (χ1n) is 5.76. The van der Waals surface area contributed by atoms with Gasteiger partial charge in [0.15, 0.2) is 0 Å². The third-order valence-corrected chi connectivity index (χ3v) is 4.47. The summed E-state index contributed by atoms with van der Waals surface area (Å²) in [5, 5.41) is 4.18. The number of nitrogens with zero attached hydrogens (tertiary/aromatic N) is 1. The second kappa shape index (κ2) is 5.73. The molecule has 1 aliphatic carbocycles. The van der Waals surface area contributed by atoms with Crippen molar-refractivity contribution in [3.63, 3.8) is 0 Å². The molecule has 4 atom stereocenters. The molecule has 4 nitrogen and oxygen atoms in total. The summed E-state index contributed by atoms with van der Waals surface area (Å²) >= 11 is 0. The maximum absolute atomic E-state index is 11.1. The van der Waals surface area contributed by atoms with E-state index in [4.69, 9.17) is 9.47 Å². The van der Waals surface area contributed by atoms with E-state index >= 15 is 0 Å². The molecule has 1 radical (unpaired) electrons. The van der Waals surface area contributed by atoms with Gasteiger partial charge in [0.05, 0.1) is 12.5 Å². The first-order valence-corrected chi connectivity index (χ1v) is 5.76. The van der Waals surface area contributed by atoms with Crippen molar-refractivity contribution in [3.05, 3.63) is 17.5 Å². The molecular formula is C12H16NO3WY-. The molecule has 0 bridgehead atoms. The van der Waals surface area contributed by atoms with Gasteiger partial charge < -0.3 is 19.6 Å². The summed E-state index contributed by atoms with van der Waals surface area (Å²) in [5.41, 5.74) is -0.549. The second-order valence-electron chi connectivity index (χ2n) is 5.15. The quantitative estimate of drug-likeness (QED) is 0.380. The van der Waals surface area contributed by atoms with Crippen molar-refractivity contribution < 1.29 is 68.0 Å². The van der Waals surface area contributed by atoms with Crippen molar-refractivity contribution in [3.8, 4) is 0 Å². The molecule has 97 valence electrons. The van der Waals surface area contributed by atoms with Gasteiger partial charge in [-0.2, -0.15) is 0 Å². The van der Waals surface area contributed by atoms with Crippen molar-refractivity contribution in [2.24, 2.45) is 11.8 Å². The Balaban J connectivity index is 0.000000810.